The molecule has 19 heteroatoms. The number of nitriles is 1. The van der Waals surface area contributed by atoms with Crippen LogP contribution in [-0.2, 0) is 71.2 Å². The molecule has 0 saturated carbocycles. The Kier molecular flexibility index (Phi) is 46.2. The molecule has 1 aliphatic heterocycles. The highest BCUT2D eigenvalue weighted by atomic mass is 16.7. The first-order valence-corrected chi connectivity index (χ1v) is 18.6. The van der Waals surface area contributed by atoms with E-state index < -0.39 is 0 Å². The third-order valence-corrected chi connectivity index (χ3v) is 7.06. The minimum absolute atomic E-state index is 0.279. The van der Waals surface area contributed by atoms with Gasteiger partial charge in [0.05, 0.1) is 85.4 Å². The van der Waals surface area contributed by atoms with Crippen LogP contribution < -0.4 is 0 Å². The van der Waals surface area contributed by atoms with Crippen molar-refractivity contribution in [2.45, 2.75) is 20.3 Å². The number of nitrogens with zero attached hydrogens (tertiary/aromatic N) is 4. The van der Waals surface area contributed by atoms with E-state index in [2.05, 4.69) is 9.80 Å². The van der Waals surface area contributed by atoms with Crippen LogP contribution in [0.2, 0.25) is 0 Å². The largest absolute Gasteiger partial charge is 0.465 e. The van der Waals surface area contributed by atoms with Gasteiger partial charge in [-0.1, -0.05) is 0 Å². The lowest BCUT2D eigenvalue weighted by atomic mass is 10.4. The van der Waals surface area contributed by atoms with Gasteiger partial charge in [-0.05, 0) is 0 Å². The van der Waals surface area contributed by atoms with E-state index in [0.717, 1.165) is 59.1 Å². The molecule has 0 aromatic carbocycles. The SMILES string of the molecule is CC(=O)OCCN(CCC#N)CCOC(C)=O.COCCOCCOCCOCCN1CCOCC1.COCOCCN(CCOCOC)CCOCOC. The first-order valence-electron chi connectivity index (χ1n) is 18.6. The third kappa shape index (κ3) is 46.2. The standard InChI is InChI=1S/C13H27NO5.C12H27NO6.C11H18N2O4/c1-15-8-9-18-12-13-19-11-10-17-7-4-14-2-5-16-6-3-14;1-14-10-17-7-4-13(5-8-18-11-15-2)6-9-19-12-16-3;1-10(14)16-8-6-13(5-3-4-12)7-9-17-11(2)15/h2-13H2,1H3;4-12H2,1-3H3;3,5-9H2,1-2H3. The summed E-state index contributed by atoms with van der Waals surface area (Å²) in [5, 5.41) is 8.50. The highest BCUT2D eigenvalue weighted by Crippen LogP contribution is 1.96. The summed E-state index contributed by atoms with van der Waals surface area (Å²) in [6.07, 6.45) is 0.389. The molecule has 0 amide bonds. The first-order chi connectivity index (χ1) is 26.8. The van der Waals surface area contributed by atoms with Gasteiger partial charge in [0, 0.05) is 108 Å². The summed E-state index contributed by atoms with van der Waals surface area (Å²) in [6.45, 7) is 19.2. The Balaban J connectivity index is 0. The zero-order valence-corrected chi connectivity index (χ0v) is 34.5. The van der Waals surface area contributed by atoms with Gasteiger partial charge in [-0.2, -0.15) is 5.26 Å². The number of methoxy groups -OCH3 is 4. The summed E-state index contributed by atoms with van der Waals surface area (Å²) in [7, 11) is 6.48. The predicted molar refractivity (Wildman–Crippen MR) is 201 cm³/mol. The predicted octanol–water partition coefficient (Wildman–Crippen LogP) is 0.493. The number of morpholine rings is 1. The van der Waals surface area contributed by atoms with Crippen LogP contribution in [0.5, 0.6) is 0 Å². The van der Waals surface area contributed by atoms with Crippen molar-refractivity contribution in [1.82, 2.24) is 14.7 Å². The van der Waals surface area contributed by atoms with Gasteiger partial charge in [0.2, 0.25) is 0 Å². The zero-order valence-electron chi connectivity index (χ0n) is 34.5. The lowest BCUT2D eigenvalue weighted by Gasteiger charge is -2.26. The summed E-state index contributed by atoms with van der Waals surface area (Å²) in [5.41, 5.74) is 0. The molecule has 1 rings (SSSR count). The molecule has 0 spiro atoms. The average molecular weight is 801 g/mol. The van der Waals surface area contributed by atoms with Gasteiger partial charge in [0.15, 0.2) is 0 Å². The number of carbonyl (C=O) groups is 2. The number of rotatable bonds is 35. The Bertz CT molecular complexity index is 806. The lowest BCUT2D eigenvalue weighted by molar-refractivity contribution is -0.141. The van der Waals surface area contributed by atoms with Crippen molar-refractivity contribution in [2.75, 3.05) is 200 Å². The van der Waals surface area contributed by atoms with E-state index in [0.29, 0.717) is 106 Å². The fraction of sp³-hybridized carbons (Fsp3) is 0.917. The molecular formula is C36H72N4O15. The van der Waals surface area contributed by atoms with Crippen LogP contribution in [0.25, 0.3) is 0 Å². The first kappa shape index (κ1) is 55.0. The van der Waals surface area contributed by atoms with Crippen molar-refractivity contribution in [3.05, 3.63) is 0 Å². The van der Waals surface area contributed by atoms with Crippen molar-refractivity contribution in [1.29, 1.82) is 5.26 Å². The highest BCUT2D eigenvalue weighted by Gasteiger charge is 2.09. The number of hydrogen-bond acceptors (Lipinski definition) is 19. The molecule has 1 fully saturated rings. The fourth-order valence-electron chi connectivity index (χ4n) is 4.23. The van der Waals surface area contributed by atoms with Gasteiger partial charge in [-0.15, -0.1) is 0 Å². The van der Waals surface area contributed by atoms with Crippen molar-refractivity contribution in [3.63, 3.8) is 0 Å². The molecule has 326 valence electrons. The summed E-state index contributed by atoms with van der Waals surface area (Å²) < 4.78 is 66.2. The minimum Gasteiger partial charge on any atom is -0.465 e. The van der Waals surface area contributed by atoms with Crippen LogP contribution in [0.3, 0.4) is 0 Å². The second-order valence-electron chi connectivity index (χ2n) is 11.5. The van der Waals surface area contributed by atoms with Crippen LogP contribution in [0.1, 0.15) is 20.3 Å². The van der Waals surface area contributed by atoms with Gasteiger partial charge in [0.25, 0.3) is 0 Å². The molecule has 1 saturated heterocycles. The van der Waals surface area contributed by atoms with Crippen LogP contribution in [0.15, 0.2) is 0 Å². The average Bonchev–Trinajstić information content (AvgIpc) is 3.18. The molecule has 0 bridgehead atoms. The number of carbonyl (C=O) groups excluding carboxylic acids is 2. The maximum atomic E-state index is 10.6. The minimum atomic E-state index is -0.329. The summed E-state index contributed by atoms with van der Waals surface area (Å²) in [5.74, 6) is -0.657. The second kappa shape index (κ2) is 46.3. The van der Waals surface area contributed by atoms with Gasteiger partial charge >= 0.3 is 11.9 Å². The van der Waals surface area contributed by atoms with Crippen molar-refractivity contribution < 1.29 is 71.2 Å². The Hall–Kier alpha value is -2.13. The van der Waals surface area contributed by atoms with E-state index in [1.165, 1.54) is 13.8 Å². The van der Waals surface area contributed by atoms with Gasteiger partial charge in [-0.3, -0.25) is 24.3 Å². The normalized spacial score (nSPS) is 12.8. The summed E-state index contributed by atoms with van der Waals surface area (Å²) in [6, 6.07) is 2.04. The van der Waals surface area contributed by atoms with E-state index in [1.54, 1.807) is 28.4 Å². The van der Waals surface area contributed by atoms with Crippen LogP contribution >= 0.6 is 0 Å². The third-order valence-electron chi connectivity index (χ3n) is 7.06. The maximum Gasteiger partial charge on any atom is 0.302 e. The van der Waals surface area contributed by atoms with Crippen LogP contribution in [0, 0.1) is 11.3 Å². The second-order valence-corrected chi connectivity index (χ2v) is 11.5. The molecule has 1 heterocycles. The summed E-state index contributed by atoms with van der Waals surface area (Å²) >= 11 is 0. The topological polar surface area (TPSA) is 188 Å². The van der Waals surface area contributed by atoms with Crippen LogP contribution in [-0.4, -0.2) is 227 Å². The van der Waals surface area contributed by atoms with Crippen molar-refractivity contribution in [3.8, 4) is 6.07 Å². The molecule has 55 heavy (non-hydrogen) atoms. The Morgan fingerprint density at radius 3 is 1.35 bits per heavy atom. The molecule has 0 aliphatic carbocycles. The molecule has 19 nitrogen and oxygen atoms in total. The van der Waals surface area contributed by atoms with Gasteiger partial charge < -0.3 is 61.6 Å². The molecule has 0 atom stereocenters. The van der Waals surface area contributed by atoms with E-state index >= 15 is 0 Å². The molecular weight excluding hydrogens is 728 g/mol. The molecule has 0 N–H and O–H groups in total. The monoisotopic (exact) mass is 800 g/mol. The Morgan fingerprint density at radius 2 is 0.945 bits per heavy atom. The van der Waals surface area contributed by atoms with E-state index in [1.807, 2.05) is 11.0 Å². The van der Waals surface area contributed by atoms with E-state index in [9.17, 15) is 9.59 Å². The fourth-order valence-corrected chi connectivity index (χ4v) is 4.23. The number of esters is 2. The number of hydrogen-bond donors (Lipinski definition) is 0. The van der Waals surface area contributed by atoms with Gasteiger partial charge in [-0.25, -0.2) is 0 Å². The van der Waals surface area contributed by atoms with E-state index in [-0.39, 0.29) is 25.2 Å². The molecule has 0 aromatic rings. The quantitative estimate of drug-likeness (QED) is 0.0489. The molecule has 1 aliphatic rings. The van der Waals surface area contributed by atoms with Crippen molar-refractivity contribution in [2.24, 2.45) is 0 Å². The lowest BCUT2D eigenvalue weighted by Crippen LogP contribution is -2.38. The molecule has 0 radical (unpaired) electrons. The Labute approximate surface area is 329 Å². The van der Waals surface area contributed by atoms with Crippen LogP contribution in [0.4, 0.5) is 0 Å². The Morgan fingerprint density at radius 1 is 0.545 bits per heavy atom. The zero-order chi connectivity index (χ0) is 40.9. The summed E-state index contributed by atoms with van der Waals surface area (Å²) in [4.78, 5) is 27.6. The number of ether oxygens (including phenoxy) is 13. The smallest absolute Gasteiger partial charge is 0.302 e. The highest BCUT2D eigenvalue weighted by molar-refractivity contribution is 5.66. The molecule has 0 unspecified atom stereocenters. The molecule has 0 aromatic heterocycles. The van der Waals surface area contributed by atoms with E-state index in [4.69, 9.17) is 66.8 Å². The van der Waals surface area contributed by atoms with Crippen molar-refractivity contribution >= 4 is 11.9 Å². The van der Waals surface area contributed by atoms with Gasteiger partial charge in [0.1, 0.15) is 33.6 Å². The maximum absolute atomic E-state index is 10.6.